The second kappa shape index (κ2) is 6.96. The molecule has 1 saturated heterocycles. The molecular weight excluding hydrogens is 308 g/mol. The molecule has 1 aromatic heterocycles. The third kappa shape index (κ3) is 3.62. The summed E-state index contributed by atoms with van der Waals surface area (Å²) in [6, 6.07) is 11.0. The summed E-state index contributed by atoms with van der Waals surface area (Å²) < 4.78 is 0. The molecule has 3 rings (SSSR count). The lowest BCUT2D eigenvalue weighted by Crippen LogP contribution is -2.36. The van der Waals surface area contributed by atoms with E-state index in [1.54, 1.807) is 12.1 Å². The van der Waals surface area contributed by atoms with Gasteiger partial charge in [-0.15, -0.1) is 11.3 Å². The lowest BCUT2D eigenvalue weighted by Gasteiger charge is -2.27. The molecule has 5 heteroatoms. The Labute approximate surface area is 140 Å². The van der Waals surface area contributed by atoms with Crippen molar-refractivity contribution in [1.82, 2.24) is 4.90 Å². The van der Waals surface area contributed by atoms with Crippen LogP contribution >= 0.6 is 11.3 Å². The van der Waals surface area contributed by atoms with Crippen LogP contribution in [0.1, 0.15) is 44.2 Å². The minimum atomic E-state index is -0.165. The topological polar surface area (TPSA) is 49.4 Å². The van der Waals surface area contributed by atoms with E-state index in [1.165, 1.54) is 17.8 Å². The number of anilines is 1. The molecule has 2 amide bonds. The highest BCUT2D eigenvalue weighted by atomic mass is 32.1. The lowest BCUT2D eigenvalue weighted by atomic mass is 10.1. The van der Waals surface area contributed by atoms with Crippen molar-refractivity contribution in [3.05, 3.63) is 51.7 Å². The summed E-state index contributed by atoms with van der Waals surface area (Å²) in [5, 5.41) is 2.88. The van der Waals surface area contributed by atoms with Crippen molar-refractivity contribution < 1.29 is 9.59 Å². The van der Waals surface area contributed by atoms with Gasteiger partial charge in [0.05, 0.1) is 16.1 Å². The first-order valence-electron chi connectivity index (χ1n) is 7.91. The normalized spacial score (nSPS) is 14.6. The number of thiophene rings is 1. The zero-order valence-electron chi connectivity index (χ0n) is 13.2. The quantitative estimate of drug-likeness (QED) is 0.928. The number of benzene rings is 1. The smallest absolute Gasteiger partial charge is 0.265 e. The van der Waals surface area contributed by atoms with Crippen molar-refractivity contribution in [2.24, 2.45) is 0 Å². The lowest BCUT2D eigenvalue weighted by molar-refractivity contribution is 0.0725. The Kier molecular flexibility index (Phi) is 4.76. The van der Waals surface area contributed by atoms with Gasteiger partial charge in [-0.1, -0.05) is 12.1 Å². The molecule has 0 radical (unpaired) electrons. The Balaban J connectivity index is 1.80. The molecule has 0 atom stereocenters. The number of amides is 2. The van der Waals surface area contributed by atoms with Crippen LogP contribution in [0.4, 0.5) is 5.69 Å². The first-order chi connectivity index (χ1) is 11.1. The van der Waals surface area contributed by atoms with E-state index in [2.05, 4.69) is 5.32 Å². The molecule has 1 N–H and O–H groups in total. The van der Waals surface area contributed by atoms with Crippen LogP contribution in [0.3, 0.4) is 0 Å². The number of carbonyl (C=O) groups excluding carboxylic acids is 2. The zero-order valence-corrected chi connectivity index (χ0v) is 14.0. The molecule has 0 aliphatic carbocycles. The van der Waals surface area contributed by atoms with Crippen LogP contribution in [-0.2, 0) is 0 Å². The molecule has 2 heterocycles. The molecule has 4 nitrogen and oxygen atoms in total. The fraction of sp³-hybridized carbons (Fsp3) is 0.333. The molecule has 0 spiro atoms. The van der Waals surface area contributed by atoms with Crippen LogP contribution in [0.5, 0.6) is 0 Å². The van der Waals surface area contributed by atoms with Gasteiger partial charge in [-0.2, -0.15) is 0 Å². The Morgan fingerprint density at radius 2 is 1.78 bits per heavy atom. The monoisotopic (exact) mass is 328 g/mol. The number of hydrogen-bond acceptors (Lipinski definition) is 3. The standard InChI is InChI=1S/C18H20N2O2S/c1-13-9-10-16(23-13)17(21)19-15-8-4-3-7-14(15)18(22)20-11-5-2-6-12-20/h3-4,7-10H,2,5-6,11-12H2,1H3,(H,19,21). The van der Waals surface area contributed by atoms with Crippen LogP contribution in [0, 0.1) is 6.92 Å². The molecule has 1 fully saturated rings. The van der Waals surface area contributed by atoms with E-state index in [4.69, 9.17) is 0 Å². The van der Waals surface area contributed by atoms with E-state index in [9.17, 15) is 9.59 Å². The third-order valence-corrected chi connectivity index (χ3v) is 5.01. The number of likely N-dealkylation sites (tertiary alicyclic amines) is 1. The van der Waals surface area contributed by atoms with Crippen LogP contribution in [0.25, 0.3) is 0 Å². The van der Waals surface area contributed by atoms with E-state index < -0.39 is 0 Å². The summed E-state index contributed by atoms with van der Waals surface area (Å²) in [7, 11) is 0. The number of carbonyl (C=O) groups is 2. The summed E-state index contributed by atoms with van der Waals surface area (Å²) in [5.41, 5.74) is 1.15. The highest BCUT2D eigenvalue weighted by Gasteiger charge is 2.21. The van der Waals surface area contributed by atoms with E-state index in [1.807, 2.05) is 36.1 Å². The van der Waals surface area contributed by atoms with Gasteiger partial charge in [0, 0.05) is 18.0 Å². The molecule has 0 unspecified atom stereocenters. The van der Waals surface area contributed by atoms with Gasteiger partial charge in [-0.05, 0) is 50.5 Å². The number of para-hydroxylation sites is 1. The minimum absolute atomic E-state index is 0.00274. The second-order valence-corrected chi connectivity index (χ2v) is 7.05. The summed E-state index contributed by atoms with van der Waals surface area (Å²) >= 11 is 1.45. The maximum Gasteiger partial charge on any atom is 0.265 e. The molecule has 23 heavy (non-hydrogen) atoms. The molecule has 1 aromatic carbocycles. The predicted octanol–water partition coefficient (Wildman–Crippen LogP) is 3.93. The average molecular weight is 328 g/mol. The molecule has 0 bridgehead atoms. The Morgan fingerprint density at radius 1 is 1.04 bits per heavy atom. The Hall–Kier alpha value is -2.14. The fourth-order valence-corrected chi connectivity index (χ4v) is 3.55. The van der Waals surface area contributed by atoms with E-state index in [0.29, 0.717) is 16.1 Å². The van der Waals surface area contributed by atoms with Crippen molar-refractivity contribution in [3.63, 3.8) is 0 Å². The van der Waals surface area contributed by atoms with Gasteiger partial charge < -0.3 is 10.2 Å². The highest BCUT2D eigenvalue weighted by Crippen LogP contribution is 2.22. The summed E-state index contributed by atoms with van der Waals surface area (Å²) in [6.07, 6.45) is 3.28. The maximum absolute atomic E-state index is 12.7. The predicted molar refractivity (Wildman–Crippen MR) is 93.2 cm³/mol. The van der Waals surface area contributed by atoms with Crippen LogP contribution in [0.15, 0.2) is 36.4 Å². The molecule has 0 saturated carbocycles. The summed E-state index contributed by atoms with van der Waals surface area (Å²) in [6.45, 7) is 3.56. The van der Waals surface area contributed by atoms with Gasteiger partial charge in [0.2, 0.25) is 0 Å². The number of nitrogens with zero attached hydrogens (tertiary/aromatic N) is 1. The molecule has 2 aromatic rings. The summed E-state index contributed by atoms with van der Waals surface area (Å²) in [5.74, 6) is -0.162. The number of aryl methyl sites for hydroxylation is 1. The molecule has 1 aliphatic rings. The van der Waals surface area contributed by atoms with Gasteiger partial charge in [0.15, 0.2) is 0 Å². The van der Waals surface area contributed by atoms with E-state index >= 15 is 0 Å². The fourth-order valence-electron chi connectivity index (χ4n) is 2.79. The van der Waals surface area contributed by atoms with Crippen molar-refractivity contribution >= 4 is 28.8 Å². The number of nitrogens with one attached hydrogen (secondary N) is 1. The van der Waals surface area contributed by atoms with E-state index in [-0.39, 0.29) is 11.8 Å². The second-order valence-electron chi connectivity index (χ2n) is 5.76. The van der Waals surface area contributed by atoms with Gasteiger partial charge in [-0.3, -0.25) is 9.59 Å². The first kappa shape index (κ1) is 15.7. The van der Waals surface area contributed by atoms with Gasteiger partial charge in [-0.25, -0.2) is 0 Å². The molecule has 1 aliphatic heterocycles. The van der Waals surface area contributed by atoms with E-state index in [0.717, 1.165) is 30.8 Å². The number of piperidine rings is 1. The number of rotatable bonds is 3. The van der Waals surface area contributed by atoms with Crippen molar-refractivity contribution in [1.29, 1.82) is 0 Å². The molecule has 120 valence electrons. The number of hydrogen-bond donors (Lipinski definition) is 1. The Morgan fingerprint density at radius 3 is 2.48 bits per heavy atom. The summed E-state index contributed by atoms with van der Waals surface area (Å²) in [4.78, 5) is 28.7. The SMILES string of the molecule is Cc1ccc(C(=O)Nc2ccccc2C(=O)N2CCCCC2)s1. The first-order valence-corrected chi connectivity index (χ1v) is 8.73. The van der Waals surface area contributed by atoms with Gasteiger partial charge in [0.25, 0.3) is 11.8 Å². The van der Waals surface area contributed by atoms with Crippen LogP contribution < -0.4 is 5.32 Å². The Bertz CT molecular complexity index is 717. The largest absolute Gasteiger partial charge is 0.339 e. The minimum Gasteiger partial charge on any atom is -0.339 e. The van der Waals surface area contributed by atoms with Gasteiger partial charge >= 0.3 is 0 Å². The van der Waals surface area contributed by atoms with Crippen LogP contribution in [-0.4, -0.2) is 29.8 Å². The maximum atomic E-state index is 12.7. The van der Waals surface area contributed by atoms with Crippen molar-refractivity contribution in [2.45, 2.75) is 26.2 Å². The zero-order chi connectivity index (χ0) is 16.2. The average Bonchev–Trinajstić information content (AvgIpc) is 3.02. The third-order valence-electron chi connectivity index (χ3n) is 4.01. The molecular formula is C18H20N2O2S. The highest BCUT2D eigenvalue weighted by molar-refractivity contribution is 7.14. The van der Waals surface area contributed by atoms with Crippen molar-refractivity contribution in [3.8, 4) is 0 Å². The van der Waals surface area contributed by atoms with Crippen molar-refractivity contribution in [2.75, 3.05) is 18.4 Å². The van der Waals surface area contributed by atoms with Gasteiger partial charge in [0.1, 0.15) is 0 Å². The van der Waals surface area contributed by atoms with Crippen LogP contribution in [0.2, 0.25) is 0 Å².